The molecule has 1 aliphatic rings. The second-order valence-corrected chi connectivity index (χ2v) is 11.0. The fourth-order valence-electron chi connectivity index (χ4n) is 3.56. The Morgan fingerprint density at radius 3 is 1.40 bits per heavy atom. The normalized spacial score (nSPS) is 25.9. The Bertz CT molecular complexity index is 211. The van der Waals surface area contributed by atoms with Gasteiger partial charge in [-0.3, -0.25) is 0 Å². The molecule has 0 aromatic rings. The third kappa shape index (κ3) is 7.24. The van der Waals surface area contributed by atoms with E-state index in [1.807, 2.05) is 0 Å². The Morgan fingerprint density at radius 2 is 1.20 bits per heavy atom. The van der Waals surface area contributed by atoms with Crippen LogP contribution < -0.4 is 0 Å². The summed E-state index contributed by atoms with van der Waals surface area (Å²) in [6.07, 6.45) is 4.52. The molecule has 20 heavy (non-hydrogen) atoms. The molecule has 1 rings (SSSR count). The molecule has 4 heteroatoms. The van der Waals surface area contributed by atoms with E-state index >= 15 is 0 Å². The third-order valence-corrected chi connectivity index (χ3v) is 7.45. The monoisotopic (exact) mass is 386 g/mol. The Hall–Kier alpha value is 2.29. The molecule has 4 unspecified atom stereocenters. The Labute approximate surface area is 156 Å². The van der Waals surface area contributed by atoms with Gasteiger partial charge >= 0.3 is 29.6 Å². The minimum absolute atomic E-state index is 0. The van der Waals surface area contributed by atoms with Gasteiger partial charge in [-0.05, 0) is 61.2 Å². The van der Waals surface area contributed by atoms with Crippen molar-refractivity contribution in [3.05, 3.63) is 0 Å². The molecule has 4 atom stereocenters. The predicted octanol–water partition coefficient (Wildman–Crippen LogP) is 5.99. The first-order valence-corrected chi connectivity index (χ1v) is 14.1. The molecule has 1 aliphatic carbocycles. The fourth-order valence-corrected chi connectivity index (χ4v) is 6.00. The van der Waals surface area contributed by atoms with Crippen molar-refractivity contribution in [3.63, 3.8) is 0 Å². The molecule has 0 heterocycles. The summed E-state index contributed by atoms with van der Waals surface area (Å²) >= 11 is 0.500. The van der Waals surface area contributed by atoms with E-state index in [0.29, 0.717) is 24.6 Å². The van der Waals surface area contributed by atoms with Crippen LogP contribution in [0.1, 0.15) is 47.0 Å². The van der Waals surface area contributed by atoms with E-state index in [2.05, 4.69) is 51.5 Å². The topological polar surface area (TPSA) is 0 Å². The second-order valence-electron chi connectivity index (χ2n) is 6.66. The average molecular weight is 386 g/mol. The molecule has 0 spiro atoms. The maximum absolute atomic E-state index is 2.46. The molecule has 0 bridgehead atoms. The summed E-state index contributed by atoms with van der Waals surface area (Å²) < 4.78 is 0. The number of hydrogen-bond acceptors (Lipinski definition) is 0. The summed E-state index contributed by atoms with van der Waals surface area (Å²) in [7, 11) is 2.31. The Balaban J connectivity index is 0. The van der Waals surface area contributed by atoms with E-state index in [1.54, 1.807) is 0 Å². The largest absolute Gasteiger partial charge is 0 e. The van der Waals surface area contributed by atoms with Crippen LogP contribution in [0, 0.1) is 17.3 Å². The van der Waals surface area contributed by atoms with E-state index < -0.39 is 0 Å². The maximum Gasteiger partial charge on any atom is 0 e. The van der Waals surface area contributed by atoms with Crippen molar-refractivity contribution < 1.29 is 40.9 Å². The van der Waals surface area contributed by atoms with Crippen molar-refractivity contribution in [1.29, 1.82) is 0 Å². The Kier molecular flexibility index (Phi) is 15.6. The molecule has 0 nitrogen and oxygen atoms in total. The summed E-state index contributed by atoms with van der Waals surface area (Å²) in [5.41, 5.74) is 2.69. The number of rotatable bonds is 4. The molecule has 1 fully saturated rings. The van der Waals surface area contributed by atoms with Gasteiger partial charge in [0.05, 0.1) is 0 Å². The standard InChI is InChI=1S/C14H30P2.2CH3.2Ti/c1-10(2)14(11(3)4)8-12(15-5)7-13(9-14)16-6;;;;/h10-13,15-16H,7-9H2,1-6H3;2*1H3;;. The maximum atomic E-state index is 2.46. The van der Waals surface area contributed by atoms with Crippen LogP contribution in [0.3, 0.4) is 0 Å². The van der Waals surface area contributed by atoms with Crippen LogP contribution in [-0.4, -0.2) is 24.6 Å². The van der Waals surface area contributed by atoms with Crippen LogP contribution in [-0.2, 0) is 40.9 Å². The summed E-state index contributed by atoms with van der Waals surface area (Å²) in [5, 5.41) is 4.50. The summed E-state index contributed by atoms with van der Waals surface area (Å²) in [6, 6.07) is 0. The van der Waals surface area contributed by atoms with Gasteiger partial charge in [0.15, 0.2) is 0 Å². The predicted molar refractivity (Wildman–Crippen MR) is 93.7 cm³/mol. The first kappa shape index (κ1) is 24.5. The van der Waals surface area contributed by atoms with Crippen LogP contribution in [0.15, 0.2) is 0 Å². The van der Waals surface area contributed by atoms with Gasteiger partial charge in [-0.2, -0.15) is 0 Å². The molecular formula is C16H36P2Ti2. The van der Waals surface area contributed by atoms with Crippen LogP contribution in [0.2, 0.25) is 10.5 Å². The average Bonchev–Trinajstić information content (AvgIpc) is 2.38. The molecule has 0 saturated heterocycles. The fraction of sp³-hybridized carbons (Fsp3) is 1.00. The van der Waals surface area contributed by atoms with E-state index in [1.165, 1.54) is 19.3 Å². The Morgan fingerprint density at radius 1 is 0.900 bits per heavy atom. The van der Waals surface area contributed by atoms with Crippen molar-refractivity contribution in [2.24, 2.45) is 17.3 Å². The molecule has 0 aromatic heterocycles. The van der Waals surface area contributed by atoms with Gasteiger partial charge in [-0.1, -0.05) is 27.7 Å². The molecule has 1 saturated carbocycles. The van der Waals surface area contributed by atoms with Crippen molar-refractivity contribution in [1.82, 2.24) is 0 Å². The first-order chi connectivity index (χ1) is 8.87. The van der Waals surface area contributed by atoms with Gasteiger partial charge in [0.25, 0.3) is 0 Å². The van der Waals surface area contributed by atoms with Gasteiger partial charge in [-0.15, -0.1) is 17.2 Å². The van der Waals surface area contributed by atoms with E-state index in [0.717, 1.165) is 40.3 Å². The molecule has 0 amide bonds. The van der Waals surface area contributed by atoms with Gasteiger partial charge in [0.2, 0.25) is 0 Å². The molecule has 0 N–H and O–H groups in total. The minimum atomic E-state index is 0. The van der Waals surface area contributed by atoms with Crippen molar-refractivity contribution in [3.8, 4) is 0 Å². The van der Waals surface area contributed by atoms with Crippen molar-refractivity contribution in [2.75, 3.05) is 13.3 Å². The molecule has 0 radical (unpaired) electrons. The molecular weight excluding hydrogens is 350 g/mol. The zero-order chi connectivity index (χ0) is 15.1. The summed E-state index contributed by atoms with van der Waals surface area (Å²) in [4.78, 5) is 0. The van der Waals surface area contributed by atoms with Gasteiger partial charge in [0, 0.05) is 21.7 Å². The minimum Gasteiger partial charge on any atom is 0 e. The van der Waals surface area contributed by atoms with Crippen molar-refractivity contribution in [2.45, 2.75) is 68.7 Å². The zero-order valence-electron chi connectivity index (χ0n) is 14.9. The summed E-state index contributed by atoms with van der Waals surface area (Å²) in [6.45, 7) is 14.6. The van der Waals surface area contributed by atoms with Crippen LogP contribution >= 0.6 is 17.2 Å². The smallest absolute Gasteiger partial charge is 0 e. The SMILES string of the molecule is CPC1CC(PC)CC(C(C)C)(C(C)C)C1.[CH3][Ti][CH3].[Ti]. The van der Waals surface area contributed by atoms with Gasteiger partial charge < -0.3 is 0 Å². The molecule has 118 valence electrons. The first-order valence-electron chi connectivity index (χ1n) is 7.80. The zero-order valence-corrected chi connectivity index (χ0v) is 20.1. The molecule has 0 aromatic carbocycles. The van der Waals surface area contributed by atoms with Crippen LogP contribution in [0.25, 0.3) is 0 Å². The van der Waals surface area contributed by atoms with E-state index in [9.17, 15) is 0 Å². The third-order valence-electron chi connectivity index (χ3n) is 4.94. The van der Waals surface area contributed by atoms with Gasteiger partial charge in [0.1, 0.15) is 0 Å². The molecule has 0 aliphatic heterocycles. The van der Waals surface area contributed by atoms with E-state index in [4.69, 9.17) is 0 Å². The van der Waals surface area contributed by atoms with Crippen molar-refractivity contribution >= 4 is 17.2 Å². The second kappa shape index (κ2) is 12.7. The van der Waals surface area contributed by atoms with Gasteiger partial charge in [-0.25, -0.2) is 0 Å². The van der Waals surface area contributed by atoms with Crippen LogP contribution in [0.4, 0.5) is 0 Å². The van der Waals surface area contributed by atoms with Crippen LogP contribution in [0.5, 0.6) is 0 Å². The number of hydrogen-bond donors (Lipinski definition) is 0. The summed E-state index contributed by atoms with van der Waals surface area (Å²) in [5.74, 6) is 1.70. The van der Waals surface area contributed by atoms with E-state index in [-0.39, 0.29) is 21.7 Å². The quantitative estimate of drug-likeness (QED) is 0.412.